The minimum Gasteiger partial charge on any atom is -0.352 e. The van der Waals surface area contributed by atoms with Gasteiger partial charge in [-0.1, -0.05) is 24.3 Å². The van der Waals surface area contributed by atoms with Crippen molar-refractivity contribution in [1.82, 2.24) is 16.0 Å². The van der Waals surface area contributed by atoms with E-state index in [0.717, 1.165) is 24.0 Å². The number of halogens is 2. The molecule has 0 unspecified atom stereocenters. The fourth-order valence-corrected chi connectivity index (χ4v) is 4.68. The third-order valence-electron chi connectivity index (χ3n) is 6.72. The van der Waals surface area contributed by atoms with E-state index in [4.69, 9.17) is 0 Å². The summed E-state index contributed by atoms with van der Waals surface area (Å²) in [5.74, 6) is -1.16. The highest BCUT2D eigenvalue weighted by atomic mass is 19.1. The van der Waals surface area contributed by atoms with Crippen molar-refractivity contribution in [3.8, 4) is 0 Å². The molecule has 0 spiro atoms. The number of rotatable bonds is 6. The van der Waals surface area contributed by atoms with Crippen molar-refractivity contribution in [1.29, 1.82) is 0 Å². The Balaban J connectivity index is 1.14. The van der Waals surface area contributed by atoms with Gasteiger partial charge in [0.25, 0.3) is 0 Å². The van der Waals surface area contributed by atoms with E-state index in [0.29, 0.717) is 13.1 Å². The number of benzene rings is 2. The van der Waals surface area contributed by atoms with Crippen molar-refractivity contribution in [2.45, 2.75) is 36.8 Å². The van der Waals surface area contributed by atoms with Gasteiger partial charge in [0.1, 0.15) is 11.6 Å². The zero-order valence-corrected chi connectivity index (χ0v) is 17.0. The van der Waals surface area contributed by atoms with Gasteiger partial charge in [-0.05, 0) is 48.2 Å². The van der Waals surface area contributed by atoms with Crippen LogP contribution in [0.2, 0.25) is 0 Å². The fourth-order valence-electron chi connectivity index (χ4n) is 4.68. The molecule has 0 bridgehead atoms. The van der Waals surface area contributed by atoms with Gasteiger partial charge in [-0.3, -0.25) is 9.59 Å². The van der Waals surface area contributed by atoms with E-state index in [1.165, 1.54) is 24.3 Å². The first-order valence-electron chi connectivity index (χ1n) is 10.8. The SMILES string of the molecule is O=C(N[C@H]1C[C@@H]1c1ccc(F)cc1)[C@@H]1CNC[C@H]1C(=O)N[C@H]1C[C@@H]1c1ccc(F)cc1. The second-order valence-corrected chi connectivity index (χ2v) is 8.89. The van der Waals surface area contributed by atoms with Crippen LogP contribution in [0.3, 0.4) is 0 Å². The van der Waals surface area contributed by atoms with Gasteiger partial charge in [0.15, 0.2) is 0 Å². The summed E-state index contributed by atoms with van der Waals surface area (Å²) in [6.07, 6.45) is 1.66. The van der Waals surface area contributed by atoms with Crippen LogP contribution in [0.15, 0.2) is 48.5 Å². The van der Waals surface area contributed by atoms with Crippen molar-refractivity contribution in [3.05, 3.63) is 71.3 Å². The lowest BCUT2D eigenvalue weighted by molar-refractivity contribution is -0.133. The van der Waals surface area contributed by atoms with E-state index in [-0.39, 0.29) is 47.4 Å². The Bertz CT molecular complexity index is 900. The van der Waals surface area contributed by atoms with E-state index >= 15 is 0 Å². The zero-order chi connectivity index (χ0) is 21.5. The van der Waals surface area contributed by atoms with Crippen LogP contribution >= 0.6 is 0 Å². The van der Waals surface area contributed by atoms with Crippen LogP contribution in [0, 0.1) is 23.5 Å². The van der Waals surface area contributed by atoms with E-state index in [1.54, 1.807) is 24.3 Å². The molecular formula is C24H25F2N3O2. The molecule has 1 heterocycles. The van der Waals surface area contributed by atoms with Crippen LogP contribution in [0.1, 0.15) is 35.8 Å². The molecule has 5 nitrogen and oxygen atoms in total. The predicted octanol–water partition coefficient (Wildman–Crippen LogP) is 2.44. The molecule has 1 saturated heterocycles. The van der Waals surface area contributed by atoms with Gasteiger partial charge >= 0.3 is 0 Å². The Morgan fingerprint density at radius 2 is 1.10 bits per heavy atom. The largest absolute Gasteiger partial charge is 0.352 e. The molecule has 31 heavy (non-hydrogen) atoms. The predicted molar refractivity (Wildman–Crippen MR) is 111 cm³/mol. The number of nitrogens with one attached hydrogen (secondary N) is 3. The highest BCUT2D eigenvalue weighted by Crippen LogP contribution is 2.42. The van der Waals surface area contributed by atoms with Crippen LogP contribution in [-0.2, 0) is 9.59 Å². The van der Waals surface area contributed by atoms with E-state index in [1.807, 2.05) is 0 Å². The third-order valence-corrected chi connectivity index (χ3v) is 6.72. The standard InChI is InChI=1S/C24H25F2N3O2/c25-15-5-1-13(2-6-15)17-9-21(17)28-23(30)19-11-27-12-20(19)24(31)29-22-10-18(22)14-3-7-16(26)8-4-14/h1-8,17-22,27H,9-12H2,(H,28,30)(H,29,31)/t17-,18-,19-,20-,21+,22+/m1/s1. The molecule has 0 radical (unpaired) electrons. The van der Waals surface area contributed by atoms with Crippen LogP contribution < -0.4 is 16.0 Å². The number of amides is 2. The van der Waals surface area contributed by atoms with Gasteiger partial charge in [-0.25, -0.2) is 8.78 Å². The normalized spacial score (nSPS) is 31.2. The molecule has 2 saturated carbocycles. The molecule has 1 aliphatic heterocycles. The Hall–Kier alpha value is -2.80. The molecular weight excluding hydrogens is 400 g/mol. The van der Waals surface area contributed by atoms with Crippen molar-refractivity contribution in [3.63, 3.8) is 0 Å². The van der Waals surface area contributed by atoms with Crippen molar-refractivity contribution in [2.24, 2.45) is 11.8 Å². The molecule has 5 rings (SSSR count). The number of carbonyl (C=O) groups is 2. The molecule has 2 aliphatic carbocycles. The summed E-state index contributed by atoms with van der Waals surface area (Å²) < 4.78 is 26.2. The molecule has 0 aromatic heterocycles. The van der Waals surface area contributed by atoms with Crippen molar-refractivity contribution in [2.75, 3.05) is 13.1 Å². The minimum atomic E-state index is -0.405. The quantitative estimate of drug-likeness (QED) is 0.666. The maximum Gasteiger partial charge on any atom is 0.225 e. The number of hydrogen-bond donors (Lipinski definition) is 3. The highest BCUT2D eigenvalue weighted by molar-refractivity contribution is 5.89. The summed E-state index contributed by atoms with van der Waals surface area (Å²) in [7, 11) is 0. The molecule has 3 N–H and O–H groups in total. The van der Waals surface area contributed by atoms with Crippen LogP contribution in [0.5, 0.6) is 0 Å². The third kappa shape index (κ3) is 4.32. The smallest absolute Gasteiger partial charge is 0.225 e. The molecule has 3 aliphatic rings. The lowest BCUT2D eigenvalue weighted by Gasteiger charge is -2.18. The van der Waals surface area contributed by atoms with Gasteiger partial charge in [-0.2, -0.15) is 0 Å². The van der Waals surface area contributed by atoms with Gasteiger partial charge in [0.05, 0.1) is 11.8 Å². The second kappa shape index (κ2) is 8.04. The molecule has 162 valence electrons. The summed E-state index contributed by atoms with van der Waals surface area (Å²) in [6.45, 7) is 0.952. The minimum absolute atomic E-state index is 0.0357. The van der Waals surface area contributed by atoms with Gasteiger partial charge < -0.3 is 16.0 Å². The average molecular weight is 425 g/mol. The average Bonchev–Trinajstić information content (AvgIpc) is 3.64. The molecule has 3 fully saturated rings. The number of carbonyl (C=O) groups excluding carboxylic acids is 2. The Morgan fingerprint density at radius 1 is 0.710 bits per heavy atom. The van der Waals surface area contributed by atoms with E-state index in [9.17, 15) is 18.4 Å². The molecule has 2 aromatic carbocycles. The number of hydrogen-bond acceptors (Lipinski definition) is 3. The summed E-state index contributed by atoms with van der Waals surface area (Å²) in [5.41, 5.74) is 2.04. The first-order chi connectivity index (χ1) is 15.0. The highest BCUT2D eigenvalue weighted by Gasteiger charge is 2.46. The first kappa shape index (κ1) is 20.1. The second-order valence-electron chi connectivity index (χ2n) is 8.89. The van der Waals surface area contributed by atoms with Gasteiger partial charge in [0.2, 0.25) is 11.8 Å². The Labute approximate surface area is 179 Å². The van der Waals surface area contributed by atoms with Gasteiger partial charge in [0, 0.05) is 37.0 Å². The summed E-state index contributed by atoms with van der Waals surface area (Å²) in [5, 5.41) is 9.29. The van der Waals surface area contributed by atoms with Crippen LogP contribution in [0.25, 0.3) is 0 Å². The van der Waals surface area contributed by atoms with Gasteiger partial charge in [-0.15, -0.1) is 0 Å². The van der Waals surface area contributed by atoms with E-state index < -0.39 is 11.8 Å². The van der Waals surface area contributed by atoms with Crippen LogP contribution in [0.4, 0.5) is 8.78 Å². The molecule has 2 amide bonds. The lowest BCUT2D eigenvalue weighted by Crippen LogP contribution is -2.43. The molecule has 2 aromatic rings. The van der Waals surface area contributed by atoms with Crippen molar-refractivity contribution < 1.29 is 18.4 Å². The van der Waals surface area contributed by atoms with E-state index in [2.05, 4.69) is 16.0 Å². The first-order valence-corrected chi connectivity index (χ1v) is 10.8. The Morgan fingerprint density at radius 3 is 1.48 bits per heavy atom. The lowest BCUT2D eigenvalue weighted by atomic mass is 9.94. The fraction of sp³-hybridized carbons (Fsp3) is 0.417. The van der Waals surface area contributed by atoms with Crippen molar-refractivity contribution >= 4 is 11.8 Å². The maximum absolute atomic E-state index is 13.1. The van der Waals surface area contributed by atoms with Crippen LogP contribution in [-0.4, -0.2) is 37.0 Å². The summed E-state index contributed by atoms with van der Waals surface area (Å²) in [6, 6.07) is 12.8. The maximum atomic E-state index is 13.1. The summed E-state index contributed by atoms with van der Waals surface area (Å²) >= 11 is 0. The molecule has 6 atom stereocenters. The topological polar surface area (TPSA) is 70.2 Å². The zero-order valence-electron chi connectivity index (χ0n) is 17.0. The monoisotopic (exact) mass is 425 g/mol. The molecule has 7 heteroatoms. The Kier molecular flexibility index (Phi) is 5.22. The summed E-state index contributed by atoms with van der Waals surface area (Å²) in [4.78, 5) is 25.7.